The first-order valence-corrected chi connectivity index (χ1v) is 6.86. The van der Waals surface area contributed by atoms with Gasteiger partial charge < -0.3 is 10.3 Å². The Morgan fingerprint density at radius 2 is 2.00 bits per heavy atom. The average Bonchev–Trinajstić information content (AvgIpc) is 2.93. The smallest absolute Gasteiger partial charge is 0.166 e. The van der Waals surface area contributed by atoms with Gasteiger partial charge in [0.15, 0.2) is 11.6 Å². The number of hydrogen-bond donors (Lipinski definition) is 2. The Balaban J connectivity index is 2.30. The third-order valence-corrected chi connectivity index (χ3v) is 3.40. The SMILES string of the molecule is CCNc1nc(-c2c[nH]c3c(F)cc(F)cc23)c(C#N)cc1F. The molecule has 0 radical (unpaired) electrons. The largest absolute Gasteiger partial charge is 0.368 e. The summed E-state index contributed by atoms with van der Waals surface area (Å²) in [5.74, 6) is -2.18. The maximum Gasteiger partial charge on any atom is 0.166 e. The zero-order chi connectivity index (χ0) is 16.6. The third-order valence-electron chi connectivity index (χ3n) is 3.40. The second kappa shape index (κ2) is 5.65. The van der Waals surface area contributed by atoms with Gasteiger partial charge in [0, 0.05) is 29.8 Å². The standard InChI is InChI=1S/C16H11F3N4/c1-2-21-16-13(19)3-8(6-20)14(23-16)11-7-22-15-10(11)4-9(17)5-12(15)18/h3-5,7,22H,2H2,1H3,(H,21,23). The molecule has 0 spiro atoms. The van der Waals surface area contributed by atoms with Crippen LogP contribution in [0.4, 0.5) is 19.0 Å². The molecule has 3 aromatic rings. The number of hydrogen-bond acceptors (Lipinski definition) is 3. The summed E-state index contributed by atoms with van der Waals surface area (Å²) in [4.78, 5) is 6.81. The first-order chi connectivity index (χ1) is 11.0. The molecule has 116 valence electrons. The van der Waals surface area contributed by atoms with Crippen molar-refractivity contribution in [1.29, 1.82) is 5.26 Å². The molecule has 2 heterocycles. The number of nitriles is 1. The molecule has 3 rings (SSSR count). The lowest BCUT2D eigenvalue weighted by Crippen LogP contribution is -2.04. The van der Waals surface area contributed by atoms with Gasteiger partial charge in [-0.15, -0.1) is 0 Å². The topological polar surface area (TPSA) is 64.5 Å². The Kier molecular flexibility index (Phi) is 3.66. The second-order valence-electron chi connectivity index (χ2n) is 4.87. The molecule has 1 aromatic carbocycles. The highest BCUT2D eigenvalue weighted by Crippen LogP contribution is 2.33. The lowest BCUT2D eigenvalue weighted by Gasteiger charge is -2.08. The van der Waals surface area contributed by atoms with Gasteiger partial charge in [-0.1, -0.05) is 0 Å². The Morgan fingerprint density at radius 3 is 2.70 bits per heavy atom. The number of H-pyrrole nitrogens is 1. The minimum atomic E-state index is -0.751. The van der Waals surface area contributed by atoms with E-state index in [2.05, 4.69) is 15.3 Å². The van der Waals surface area contributed by atoms with Crippen LogP contribution in [-0.4, -0.2) is 16.5 Å². The number of aromatic nitrogens is 2. The van der Waals surface area contributed by atoms with E-state index in [0.717, 1.165) is 18.2 Å². The molecule has 0 aliphatic carbocycles. The van der Waals surface area contributed by atoms with Crippen LogP contribution in [0.2, 0.25) is 0 Å². The van der Waals surface area contributed by atoms with Gasteiger partial charge in [0.1, 0.15) is 17.7 Å². The lowest BCUT2D eigenvalue weighted by atomic mass is 10.0. The number of pyridine rings is 1. The van der Waals surface area contributed by atoms with Crippen LogP contribution in [0, 0.1) is 28.8 Å². The van der Waals surface area contributed by atoms with E-state index in [9.17, 15) is 18.4 Å². The molecular formula is C16H11F3N4. The van der Waals surface area contributed by atoms with Crippen LogP contribution in [0.1, 0.15) is 12.5 Å². The van der Waals surface area contributed by atoms with E-state index in [1.165, 1.54) is 6.20 Å². The predicted octanol–water partition coefficient (Wildman–Crippen LogP) is 3.95. The molecule has 0 unspecified atom stereocenters. The van der Waals surface area contributed by atoms with Crippen LogP contribution < -0.4 is 5.32 Å². The summed E-state index contributed by atoms with van der Waals surface area (Å²) < 4.78 is 41.2. The van der Waals surface area contributed by atoms with E-state index in [1.54, 1.807) is 6.92 Å². The summed E-state index contributed by atoms with van der Waals surface area (Å²) in [5.41, 5.74) is 0.561. The molecule has 0 atom stereocenters. The number of aromatic amines is 1. The van der Waals surface area contributed by atoms with Crippen molar-refractivity contribution in [2.24, 2.45) is 0 Å². The zero-order valence-corrected chi connectivity index (χ0v) is 12.0. The molecule has 7 heteroatoms. The maximum absolute atomic E-state index is 13.9. The fourth-order valence-electron chi connectivity index (χ4n) is 2.42. The van der Waals surface area contributed by atoms with Crippen LogP contribution >= 0.6 is 0 Å². The van der Waals surface area contributed by atoms with Gasteiger partial charge in [-0.3, -0.25) is 0 Å². The van der Waals surface area contributed by atoms with Gasteiger partial charge in [0.05, 0.1) is 16.8 Å². The second-order valence-corrected chi connectivity index (χ2v) is 4.87. The minimum Gasteiger partial charge on any atom is -0.368 e. The fraction of sp³-hybridized carbons (Fsp3) is 0.125. The summed E-state index contributed by atoms with van der Waals surface area (Å²) >= 11 is 0. The monoisotopic (exact) mass is 316 g/mol. The summed E-state index contributed by atoms with van der Waals surface area (Å²) in [6, 6.07) is 4.81. The van der Waals surface area contributed by atoms with Gasteiger partial charge in [0.2, 0.25) is 0 Å². The Hall–Kier alpha value is -3.01. The number of halogens is 3. The van der Waals surface area contributed by atoms with Gasteiger partial charge in [0.25, 0.3) is 0 Å². The minimum absolute atomic E-state index is 0.0188. The number of nitrogens with one attached hydrogen (secondary N) is 2. The molecule has 0 bridgehead atoms. The molecule has 0 saturated heterocycles. The van der Waals surface area contributed by atoms with Crippen molar-refractivity contribution in [1.82, 2.24) is 9.97 Å². The van der Waals surface area contributed by atoms with Crippen molar-refractivity contribution in [2.45, 2.75) is 6.92 Å². The third kappa shape index (κ3) is 2.48. The Labute approximate surface area is 129 Å². The highest BCUT2D eigenvalue weighted by atomic mass is 19.1. The predicted molar refractivity (Wildman–Crippen MR) is 80.3 cm³/mol. The molecule has 0 saturated carbocycles. The van der Waals surface area contributed by atoms with Crippen molar-refractivity contribution in [3.05, 3.63) is 47.4 Å². The van der Waals surface area contributed by atoms with Crippen LogP contribution in [0.25, 0.3) is 22.2 Å². The molecule has 0 aliphatic rings. The summed E-state index contributed by atoms with van der Waals surface area (Å²) in [5, 5.41) is 12.2. The van der Waals surface area contributed by atoms with E-state index in [0.29, 0.717) is 12.1 Å². The molecule has 2 N–H and O–H groups in total. The first-order valence-electron chi connectivity index (χ1n) is 6.86. The quantitative estimate of drug-likeness (QED) is 0.769. The van der Waals surface area contributed by atoms with Gasteiger partial charge in [-0.2, -0.15) is 5.26 Å². The molecule has 2 aromatic heterocycles. The van der Waals surface area contributed by atoms with Crippen LogP contribution in [-0.2, 0) is 0 Å². The van der Waals surface area contributed by atoms with E-state index in [-0.39, 0.29) is 28.0 Å². The van der Waals surface area contributed by atoms with Crippen molar-refractivity contribution in [3.63, 3.8) is 0 Å². The maximum atomic E-state index is 13.9. The molecule has 4 nitrogen and oxygen atoms in total. The number of benzene rings is 1. The van der Waals surface area contributed by atoms with Crippen LogP contribution in [0.3, 0.4) is 0 Å². The normalized spacial score (nSPS) is 10.7. The summed E-state index contributed by atoms with van der Waals surface area (Å²) in [6.45, 7) is 2.21. The van der Waals surface area contributed by atoms with Gasteiger partial charge in [-0.05, 0) is 19.1 Å². The zero-order valence-electron chi connectivity index (χ0n) is 12.0. The lowest BCUT2D eigenvalue weighted by molar-refractivity contribution is 0.591. The van der Waals surface area contributed by atoms with Crippen molar-refractivity contribution < 1.29 is 13.2 Å². The molecule has 0 amide bonds. The van der Waals surface area contributed by atoms with Crippen LogP contribution in [0.15, 0.2) is 24.4 Å². The highest BCUT2D eigenvalue weighted by molar-refractivity contribution is 5.96. The number of rotatable bonds is 3. The number of nitrogens with zero attached hydrogens (tertiary/aromatic N) is 2. The average molecular weight is 316 g/mol. The highest BCUT2D eigenvalue weighted by Gasteiger charge is 2.18. The Morgan fingerprint density at radius 1 is 1.22 bits per heavy atom. The molecule has 23 heavy (non-hydrogen) atoms. The summed E-state index contributed by atoms with van der Waals surface area (Å²) in [7, 11) is 0. The summed E-state index contributed by atoms with van der Waals surface area (Å²) in [6.07, 6.45) is 1.42. The van der Waals surface area contributed by atoms with E-state index in [4.69, 9.17) is 0 Å². The van der Waals surface area contributed by atoms with E-state index in [1.807, 2.05) is 6.07 Å². The molecule has 0 aliphatic heterocycles. The molecule has 0 fully saturated rings. The number of anilines is 1. The van der Waals surface area contributed by atoms with Crippen molar-refractivity contribution in [2.75, 3.05) is 11.9 Å². The van der Waals surface area contributed by atoms with Gasteiger partial charge in [-0.25, -0.2) is 18.2 Å². The van der Waals surface area contributed by atoms with Crippen molar-refractivity contribution >= 4 is 16.7 Å². The Bertz CT molecular complexity index is 941. The van der Waals surface area contributed by atoms with Gasteiger partial charge >= 0.3 is 0 Å². The fourth-order valence-corrected chi connectivity index (χ4v) is 2.42. The molecular weight excluding hydrogens is 305 g/mol. The van der Waals surface area contributed by atoms with Crippen molar-refractivity contribution in [3.8, 4) is 17.3 Å². The van der Waals surface area contributed by atoms with Crippen LogP contribution in [0.5, 0.6) is 0 Å². The van der Waals surface area contributed by atoms with E-state index < -0.39 is 17.5 Å². The van der Waals surface area contributed by atoms with E-state index >= 15 is 0 Å². The number of fused-ring (bicyclic) bond motifs is 1. The first kappa shape index (κ1) is 14.9.